The summed E-state index contributed by atoms with van der Waals surface area (Å²) in [6, 6.07) is 9.18. The van der Waals surface area contributed by atoms with Gasteiger partial charge in [0.25, 0.3) is 0 Å². The summed E-state index contributed by atoms with van der Waals surface area (Å²) in [5.41, 5.74) is 1.77. The van der Waals surface area contributed by atoms with E-state index in [9.17, 15) is 5.11 Å². The molecular weight excluding hydrogens is 190 g/mol. The summed E-state index contributed by atoms with van der Waals surface area (Å²) >= 11 is 0. The maximum absolute atomic E-state index is 9.49. The van der Waals surface area contributed by atoms with Crippen molar-refractivity contribution in [1.29, 1.82) is 0 Å². The van der Waals surface area contributed by atoms with E-state index in [-0.39, 0.29) is 0 Å². The van der Waals surface area contributed by atoms with Gasteiger partial charge < -0.3 is 14.8 Å². The van der Waals surface area contributed by atoms with E-state index in [1.807, 2.05) is 31.2 Å². The van der Waals surface area contributed by atoms with Gasteiger partial charge in [-0.05, 0) is 31.2 Å². The van der Waals surface area contributed by atoms with Crippen LogP contribution in [0.1, 0.15) is 11.3 Å². The van der Waals surface area contributed by atoms with Crippen molar-refractivity contribution in [3.05, 3.63) is 47.9 Å². The SMILES string of the molecule is Cc1c(O)cccc1NCc1ccco1. The summed E-state index contributed by atoms with van der Waals surface area (Å²) < 4.78 is 5.20. The summed E-state index contributed by atoms with van der Waals surface area (Å²) in [6.45, 7) is 2.50. The number of hydrogen-bond acceptors (Lipinski definition) is 3. The van der Waals surface area contributed by atoms with Crippen LogP contribution in [-0.4, -0.2) is 5.11 Å². The number of rotatable bonds is 3. The standard InChI is InChI=1S/C12H13NO2/c1-9-11(5-2-6-12(9)14)13-8-10-4-3-7-15-10/h2-7,13-14H,8H2,1H3. The number of phenolic OH excluding ortho intramolecular Hbond substituents is 1. The molecule has 0 saturated heterocycles. The van der Waals surface area contributed by atoms with E-state index in [0.29, 0.717) is 12.3 Å². The molecule has 0 spiro atoms. The quantitative estimate of drug-likeness (QED) is 0.806. The van der Waals surface area contributed by atoms with E-state index in [2.05, 4.69) is 5.32 Å². The summed E-state index contributed by atoms with van der Waals surface area (Å²) in [5, 5.41) is 12.7. The topological polar surface area (TPSA) is 45.4 Å². The van der Waals surface area contributed by atoms with Crippen LogP contribution in [0.5, 0.6) is 5.75 Å². The Morgan fingerprint density at radius 2 is 2.13 bits per heavy atom. The van der Waals surface area contributed by atoms with Gasteiger partial charge in [-0.2, -0.15) is 0 Å². The van der Waals surface area contributed by atoms with Crippen LogP contribution in [0.4, 0.5) is 5.69 Å². The van der Waals surface area contributed by atoms with Crippen LogP contribution in [0.15, 0.2) is 41.0 Å². The molecule has 0 aliphatic rings. The number of furan rings is 1. The Hall–Kier alpha value is -1.90. The van der Waals surface area contributed by atoms with Gasteiger partial charge in [-0.3, -0.25) is 0 Å². The highest BCUT2D eigenvalue weighted by molar-refractivity contribution is 5.56. The maximum Gasteiger partial charge on any atom is 0.122 e. The average molecular weight is 203 g/mol. The lowest BCUT2D eigenvalue weighted by molar-refractivity contribution is 0.471. The van der Waals surface area contributed by atoms with Crippen molar-refractivity contribution in [1.82, 2.24) is 0 Å². The largest absolute Gasteiger partial charge is 0.508 e. The van der Waals surface area contributed by atoms with E-state index in [1.54, 1.807) is 12.3 Å². The Kier molecular flexibility index (Phi) is 2.63. The van der Waals surface area contributed by atoms with Gasteiger partial charge in [0.15, 0.2) is 0 Å². The summed E-state index contributed by atoms with van der Waals surface area (Å²) in [7, 11) is 0. The zero-order valence-electron chi connectivity index (χ0n) is 8.53. The van der Waals surface area contributed by atoms with Crippen molar-refractivity contribution in [3.8, 4) is 5.75 Å². The van der Waals surface area contributed by atoms with Gasteiger partial charge in [0.05, 0.1) is 12.8 Å². The van der Waals surface area contributed by atoms with Gasteiger partial charge in [0.2, 0.25) is 0 Å². The molecule has 2 N–H and O–H groups in total. The van der Waals surface area contributed by atoms with Crippen LogP contribution in [-0.2, 0) is 6.54 Å². The number of hydrogen-bond donors (Lipinski definition) is 2. The first-order valence-electron chi connectivity index (χ1n) is 4.82. The Morgan fingerprint density at radius 1 is 1.27 bits per heavy atom. The fourth-order valence-electron chi connectivity index (χ4n) is 1.41. The zero-order valence-corrected chi connectivity index (χ0v) is 8.53. The van der Waals surface area contributed by atoms with Gasteiger partial charge in [0, 0.05) is 11.3 Å². The summed E-state index contributed by atoms with van der Waals surface area (Å²) in [4.78, 5) is 0. The van der Waals surface area contributed by atoms with E-state index in [0.717, 1.165) is 17.0 Å². The number of phenols is 1. The molecular formula is C12H13NO2. The molecule has 3 nitrogen and oxygen atoms in total. The van der Waals surface area contributed by atoms with Crippen molar-refractivity contribution < 1.29 is 9.52 Å². The van der Waals surface area contributed by atoms with Gasteiger partial charge in [-0.25, -0.2) is 0 Å². The van der Waals surface area contributed by atoms with Crippen LogP contribution >= 0.6 is 0 Å². The molecule has 0 unspecified atom stereocenters. The van der Waals surface area contributed by atoms with Crippen LogP contribution in [0.2, 0.25) is 0 Å². The molecule has 0 amide bonds. The Labute approximate surface area is 88.4 Å². The van der Waals surface area contributed by atoms with Crippen molar-refractivity contribution in [2.45, 2.75) is 13.5 Å². The van der Waals surface area contributed by atoms with Gasteiger partial charge in [-0.15, -0.1) is 0 Å². The first-order chi connectivity index (χ1) is 7.27. The minimum Gasteiger partial charge on any atom is -0.508 e. The van der Waals surface area contributed by atoms with Crippen molar-refractivity contribution >= 4 is 5.69 Å². The Morgan fingerprint density at radius 3 is 2.87 bits per heavy atom. The molecule has 2 rings (SSSR count). The third kappa shape index (κ3) is 2.13. The third-order valence-electron chi connectivity index (χ3n) is 2.34. The van der Waals surface area contributed by atoms with Crippen molar-refractivity contribution in [2.75, 3.05) is 5.32 Å². The monoisotopic (exact) mass is 203 g/mol. The Bertz CT molecular complexity index is 435. The molecule has 0 aliphatic carbocycles. The molecule has 1 aromatic heterocycles. The summed E-state index contributed by atoms with van der Waals surface area (Å²) in [6.07, 6.45) is 1.65. The molecule has 0 bridgehead atoms. The van der Waals surface area contributed by atoms with Gasteiger partial charge in [-0.1, -0.05) is 6.07 Å². The van der Waals surface area contributed by atoms with Crippen molar-refractivity contribution in [3.63, 3.8) is 0 Å². The second-order valence-corrected chi connectivity index (χ2v) is 3.38. The minimum atomic E-state index is 0.305. The zero-order chi connectivity index (χ0) is 10.7. The first-order valence-corrected chi connectivity index (χ1v) is 4.82. The van der Waals surface area contributed by atoms with Crippen LogP contribution in [0.25, 0.3) is 0 Å². The molecule has 3 heteroatoms. The van der Waals surface area contributed by atoms with Gasteiger partial charge >= 0.3 is 0 Å². The molecule has 0 fully saturated rings. The number of benzene rings is 1. The highest BCUT2D eigenvalue weighted by Crippen LogP contribution is 2.24. The number of anilines is 1. The lowest BCUT2D eigenvalue weighted by Crippen LogP contribution is -1.99. The maximum atomic E-state index is 9.49. The molecule has 0 radical (unpaired) electrons. The van der Waals surface area contributed by atoms with E-state index >= 15 is 0 Å². The van der Waals surface area contributed by atoms with E-state index in [1.165, 1.54) is 0 Å². The molecule has 0 saturated carbocycles. The van der Waals surface area contributed by atoms with Crippen LogP contribution in [0, 0.1) is 6.92 Å². The molecule has 1 heterocycles. The first kappa shape index (κ1) is 9.65. The predicted octanol–water partition coefficient (Wildman–Crippen LogP) is 2.91. The second kappa shape index (κ2) is 4.09. The highest BCUT2D eigenvalue weighted by atomic mass is 16.3. The predicted molar refractivity (Wildman–Crippen MR) is 58.9 cm³/mol. The number of nitrogens with one attached hydrogen (secondary N) is 1. The summed E-state index contributed by atoms with van der Waals surface area (Å²) in [5.74, 6) is 1.18. The highest BCUT2D eigenvalue weighted by Gasteiger charge is 2.02. The molecule has 0 atom stereocenters. The number of aromatic hydroxyl groups is 1. The lowest BCUT2D eigenvalue weighted by Gasteiger charge is -2.08. The normalized spacial score (nSPS) is 10.2. The molecule has 1 aromatic carbocycles. The fourth-order valence-corrected chi connectivity index (χ4v) is 1.41. The van der Waals surface area contributed by atoms with Crippen molar-refractivity contribution in [2.24, 2.45) is 0 Å². The molecule has 15 heavy (non-hydrogen) atoms. The van der Waals surface area contributed by atoms with E-state index < -0.39 is 0 Å². The molecule has 0 aliphatic heterocycles. The van der Waals surface area contributed by atoms with Crippen LogP contribution < -0.4 is 5.32 Å². The minimum absolute atomic E-state index is 0.305. The fraction of sp³-hybridized carbons (Fsp3) is 0.167. The third-order valence-corrected chi connectivity index (χ3v) is 2.34. The molecule has 78 valence electrons. The Balaban J connectivity index is 2.08. The average Bonchev–Trinajstić information content (AvgIpc) is 2.73. The lowest BCUT2D eigenvalue weighted by atomic mass is 10.2. The molecule has 2 aromatic rings. The van der Waals surface area contributed by atoms with Crippen LogP contribution in [0.3, 0.4) is 0 Å². The second-order valence-electron chi connectivity index (χ2n) is 3.38. The van der Waals surface area contributed by atoms with E-state index in [4.69, 9.17) is 4.42 Å². The smallest absolute Gasteiger partial charge is 0.122 e. The van der Waals surface area contributed by atoms with Gasteiger partial charge in [0.1, 0.15) is 11.5 Å².